The molecule has 7 nitrogen and oxygen atoms in total. The Hall–Kier alpha value is -2.84. The van der Waals surface area contributed by atoms with Gasteiger partial charge in [0.25, 0.3) is 11.8 Å². The second kappa shape index (κ2) is 9.53. The highest BCUT2D eigenvalue weighted by Gasteiger charge is 2.25. The molecule has 0 spiro atoms. The van der Waals surface area contributed by atoms with Crippen molar-refractivity contribution < 1.29 is 18.7 Å². The van der Waals surface area contributed by atoms with Gasteiger partial charge in [0.1, 0.15) is 5.82 Å². The summed E-state index contributed by atoms with van der Waals surface area (Å²) in [4.78, 5) is 29.0. The van der Waals surface area contributed by atoms with Gasteiger partial charge in [-0.15, -0.1) is 0 Å². The first-order valence-electron chi connectivity index (χ1n) is 10.4. The number of hydrogen-bond acceptors (Lipinski definition) is 5. The second-order valence-corrected chi connectivity index (χ2v) is 8.58. The lowest BCUT2D eigenvalue weighted by Crippen LogP contribution is -2.30. The van der Waals surface area contributed by atoms with Gasteiger partial charge in [0.05, 0.1) is 23.5 Å². The van der Waals surface area contributed by atoms with Crippen molar-refractivity contribution >= 4 is 11.8 Å². The molecule has 1 aromatic carbocycles. The standard InChI is InChI=1S/C23H29FN4O3/c1-23(2,3)31-9-8-26-21(29)14-4-7-20(27-13-14)17-10-15(11-19(24)18(17)12-25)22(30)28-16-5-6-16/h4,7,10-11,13,16H,5-6,8-9,12,25H2,1-3H3,(H,26,29)(H,28,30). The molecule has 0 saturated heterocycles. The molecule has 166 valence electrons. The molecular formula is C23H29FN4O3. The van der Waals surface area contributed by atoms with Gasteiger partial charge in [0, 0.05) is 42.0 Å². The van der Waals surface area contributed by atoms with E-state index in [-0.39, 0.29) is 41.1 Å². The Morgan fingerprint density at radius 2 is 1.94 bits per heavy atom. The van der Waals surface area contributed by atoms with Gasteiger partial charge in [-0.3, -0.25) is 14.6 Å². The van der Waals surface area contributed by atoms with Gasteiger partial charge >= 0.3 is 0 Å². The van der Waals surface area contributed by atoms with Crippen molar-refractivity contribution in [2.45, 2.75) is 51.8 Å². The van der Waals surface area contributed by atoms with Gasteiger partial charge in [-0.05, 0) is 57.9 Å². The van der Waals surface area contributed by atoms with Gasteiger partial charge in [-0.2, -0.15) is 0 Å². The summed E-state index contributed by atoms with van der Waals surface area (Å²) in [5.74, 6) is -1.15. The summed E-state index contributed by atoms with van der Waals surface area (Å²) in [5, 5.41) is 5.62. The Balaban J connectivity index is 1.74. The zero-order chi connectivity index (χ0) is 22.6. The van der Waals surface area contributed by atoms with Crippen molar-refractivity contribution in [2.24, 2.45) is 5.73 Å². The zero-order valence-electron chi connectivity index (χ0n) is 18.1. The molecular weight excluding hydrogens is 399 g/mol. The van der Waals surface area contributed by atoms with Crippen molar-refractivity contribution in [3.8, 4) is 11.3 Å². The second-order valence-electron chi connectivity index (χ2n) is 8.58. The van der Waals surface area contributed by atoms with Crippen molar-refractivity contribution in [2.75, 3.05) is 13.2 Å². The highest BCUT2D eigenvalue weighted by atomic mass is 19.1. The van der Waals surface area contributed by atoms with Crippen molar-refractivity contribution in [1.82, 2.24) is 15.6 Å². The van der Waals surface area contributed by atoms with Gasteiger partial charge in [0.15, 0.2) is 0 Å². The largest absolute Gasteiger partial charge is 0.374 e. The van der Waals surface area contributed by atoms with E-state index < -0.39 is 5.82 Å². The molecule has 0 aliphatic heterocycles. The first-order chi connectivity index (χ1) is 14.7. The molecule has 1 aliphatic carbocycles. The normalized spacial score (nSPS) is 13.7. The van der Waals surface area contributed by atoms with E-state index in [0.717, 1.165) is 12.8 Å². The molecule has 1 aromatic heterocycles. The number of carbonyl (C=O) groups excluding carboxylic acids is 2. The van der Waals surface area contributed by atoms with Gasteiger partial charge in [-0.1, -0.05) is 0 Å². The van der Waals surface area contributed by atoms with E-state index in [1.807, 2.05) is 20.8 Å². The molecule has 0 radical (unpaired) electrons. The molecule has 31 heavy (non-hydrogen) atoms. The maximum absolute atomic E-state index is 14.6. The molecule has 1 aliphatic rings. The summed E-state index contributed by atoms with van der Waals surface area (Å²) in [6.07, 6.45) is 3.30. The third kappa shape index (κ3) is 6.32. The molecule has 1 saturated carbocycles. The van der Waals surface area contributed by atoms with Crippen LogP contribution in [-0.2, 0) is 11.3 Å². The number of carbonyl (C=O) groups is 2. The summed E-state index contributed by atoms with van der Waals surface area (Å²) in [6.45, 7) is 6.57. The number of nitrogens with one attached hydrogen (secondary N) is 2. The zero-order valence-corrected chi connectivity index (χ0v) is 18.1. The lowest BCUT2D eigenvalue weighted by Gasteiger charge is -2.19. The summed E-state index contributed by atoms with van der Waals surface area (Å²) in [7, 11) is 0. The smallest absolute Gasteiger partial charge is 0.252 e. The number of nitrogens with two attached hydrogens (primary N) is 1. The van der Waals surface area contributed by atoms with Gasteiger partial charge in [0.2, 0.25) is 0 Å². The average molecular weight is 429 g/mol. The molecule has 2 aromatic rings. The summed E-state index contributed by atoms with van der Waals surface area (Å²) < 4.78 is 20.2. The third-order valence-corrected chi connectivity index (χ3v) is 4.80. The predicted octanol–water partition coefficient (Wildman–Crippen LogP) is 2.78. The highest BCUT2D eigenvalue weighted by molar-refractivity contribution is 5.96. The maximum Gasteiger partial charge on any atom is 0.252 e. The van der Waals surface area contributed by atoms with Crippen LogP contribution < -0.4 is 16.4 Å². The number of halogens is 1. The minimum absolute atomic E-state index is 0.0383. The fourth-order valence-corrected chi connectivity index (χ4v) is 3.01. The van der Waals surface area contributed by atoms with E-state index in [0.29, 0.717) is 30.0 Å². The van der Waals surface area contributed by atoms with Crippen LogP contribution in [0.3, 0.4) is 0 Å². The molecule has 0 atom stereocenters. The quantitative estimate of drug-likeness (QED) is 0.561. The van der Waals surface area contributed by atoms with Crippen LogP contribution in [0, 0.1) is 5.82 Å². The van der Waals surface area contributed by atoms with Crippen molar-refractivity contribution in [3.63, 3.8) is 0 Å². The topological polar surface area (TPSA) is 106 Å². The number of benzene rings is 1. The van der Waals surface area contributed by atoms with E-state index in [1.165, 1.54) is 12.3 Å². The number of ether oxygens (including phenoxy) is 1. The van der Waals surface area contributed by atoms with Gasteiger partial charge in [-0.25, -0.2) is 4.39 Å². The average Bonchev–Trinajstić information content (AvgIpc) is 3.53. The minimum Gasteiger partial charge on any atom is -0.374 e. The molecule has 1 heterocycles. The number of amides is 2. The van der Waals surface area contributed by atoms with Crippen LogP contribution in [0.25, 0.3) is 11.3 Å². The molecule has 0 bridgehead atoms. The van der Waals surface area contributed by atoms with E-state index in [9.17, 15) is 14.0 Å². The number of pyridine rings is 1. The maximum atomic E-state index is 14.6. The summed E-state index contributed by atoms with van der Waals surface area (Å²) >= 11 is 0. The van der Waals surface area contributed by atoms with Crippen LogP contribution in [0.2, 0.25) is 0 Å². The van der Waals surface area contributed by atoms with Gasteiger partial charge < -0.3 is 21.1 Å². The lowest BCUT2D eigenvalue weighted by molar-refractivity contribution is -0.000656. The van der Waals surface area contributed by atoms with Crippen LogP contribution in [0.4, 0.5) is 4.39 Å². The minimum atomic E-state index is -0.552. The number of nitrogens with zero attached hydrogens (tertiary/aromatic N) is 1. The van der Waals surface area contributed by atoms with E-state index in [1.54, 1.807) is 18.2 Å². The predicted molar refractivity (Wildman–Crippen MR) is 116 cm³/mol. The van der Waals surface area contributed by atoms with Crippen LogP contribution in [-0.4, -0.2) is 41.6 Å². The van der Waals surface area contributed by atoms with E-state index in [4.69, 9.17) is 10.5 Å². The monoisotopic (exact) mass is 428 g/mol. The Bertz CT molecular complexity index is 951. The fraction of sp³-hybridized carbons (Fsp3) is 0.435. The summed E-state index contributed by atoms with van der Waals surface area (Å²) in [6, 6.07) is 6.19. The Morgan fingerprint density at radius 1 is 1.19 bits per heavy atom. The fourth-order valence-electron chi connectivity index (χ4n) is 3.01. The number of hydrogen-bond donors (Lipinski definition) is 3. The van der Waals surface area contributed by atoms with E-state index >= 15 is 0 Å². The molecule has 4 N–H and O–H groups in total. The molecule has 2 amide bonds. The first kappa shape index (κ1) is 22.8. The lowest BCUT2D eigenvalue weighted by atomic mass is 9.99. The van der Waals surface area contributed by atoms with Crippen molar-refractivity contribution in [3.05, 3.63) is 53.0 Å². The molecule has 0 unspecified atom stereocenters. The highest BCUT2D eigenvalue weighted by Crippen LogP contribution is 2.27. The van der Waals surface area contributed by atoms with Crippen LogP contribution >= 0.6 is 0 Å². The Labute approximate surface area is 181 Å². The summed E-state index contributed by atoms with van der Waals surface area (Å²) in [5.41, 5.74) is 7.21. The van der Waals surface area contributed by atoms with Crippen LogP contribution in [0.5, 0.6) is 0 Å². The SMILES string of the molecule is CC(C)(C)OCCNC(=O)c1ccc(-c2cc(C(=O)NC3CC3)cc(F)c2CN)nc1. The number of aromatic nitrogens is 1. The Morgan fingerprint density at radius 3 is 2.52 bits per heavy atom. The molecule has 8 heteroatoms. The first-order valence-corrected chi connectivity index (χ1v) is 10.4. The molecule has 1 fully saturated rings. The van der Waals surface area contributed by atoms with E-state index in [2.05, 4.69) is 15.6 Å². The van der Waals surface area contributed by atoms with Crippen LogP contribution in [0.1, 0.15) is 59.9 Å². The molecule has 3 rings (SSSR count). The number of rotatable bonds is 8. The van der Waals surface area contributed by atoms with Crippen molar-refractivity contribution in [1.29, 1.82) is 0 Å². The van der Waals surface area contributed by atoms with Crippen LogP contribution in [0.15, 0.2) is 30.5 Å². The Kier molecular flexibility index (Phi) is 7.02. The third-order valence-electron chi connectivity index (χ3n) is 4.80.